The van der Waals surface area contributed by atoms with Gasteiger partial charge in [-0.25, -0.2) is 0 Å². The highest BCUT2D eigenvalue weighted by Crippen LogP contribution is 2.24. The molecule has 1 saturated heterocycles. The topological polar surface area (TPSA) is 102 Å². The van der Waals surface area contributed by atoms with Gasteiger partial charge in [0.25, 0.3) is 0 Å². The van der Waals surface area contributed by atoms with Crippen LogP contribution in [0.2, 0.25) is 0 Å². The Labute approximate surface area is 98.3 Å². The maximum Gasteiger partial charge on any atom is 0.303 e. The minimum atomic E-state index is -1.44. The van der Waals surface area contributed by atoms with Crippen molar-refractivity contribution in [1.29, 1.82) is 0 Å². The number of aliphatic hydroxyl groups excluding tert-OH is 2. The monoisotopic (exact) mass is 248 g/mol. The number of esters is 2. The van der Waals surface area contributed by atoms with Crippen molar-refractivity contribution in [1.82, 2.24) is 0 Å². The summed E-state index contributed by atoms with van der Waals surface area (Å²) in [5.74, 6) is -1.32. The van der Waals surface area contributed by atoms with Crippen LogP contribution in [0.4, 0.5) is 0 Å². The number of carbonyl (C=O) groups is 2. The zero-order valence-corrected chi connectivity index (χ0v) is 9.82. The van der Waals surface area contributed by atoms with Crippen LogP contribution in [0, 0.1) is 0 Å². The van der Waals surface area contributed by atoms with Crippen LogP contribution in [-0.4, -0.2) is 52.9 Å². The van der Waals surface area contributed by atoms with Gasteiger partial charge in [0.1, 0.15) is 6.10 Å². The van der Waals surface area contributed by atoms with Gasteiger partial charge in [-0.2, -0.15) is 0 Å². The van der Waals surface area contributed by atoms with E-state index in [1.54, 1.807) is 0 Å². The van der Waals surface area contributed by atoms with Gasteiger partial charge in [-0.1, -0.05) is 0 Å². The Balaban J connectivity index is 2.86. The number of aliphatic hydroxyl groups is 2. The van der Waals surface area contributed by atoms with Gasteiger partial charge in [-0.3, -0.25) is 9.59 Å². The molecule has 0 amide bonds. The Hall–Kier alpha value is -1.18. The van der Waals surface area contributed by atoms with Crippen LogP contribution >= 0.6 is 0 Å². The molecule has 0 aromatic rings. The first-order valence-corrected chi connectivity index (χ1v) is 5.19. The molecule has 1 aliphatic rings. The van der Waals surface area contributed by atoms with E-state index in [0.29, 0.717) is 0 Å². The molecule has 1 rings (SSSR count). The van der Waals surface area contributed by atoms with Crippen molar-refractivity contribution in [3.63, 3.8) is 0 Å². The Kier molecular flexibility index (Phi) is 4.44. The Morgan fingerprint density at radius 2 is 1.53 bits per heavy atom. The van der Waals surface area contributed by atoms with E-state index in [9.17, 15) is 19.8 Å². The van der Waals surface area contributed by atoms with E-state index in [-0.39, 0.29) is 0 Å². The molecular weight excluding hydrogens is 232 g/mol. The van der Waals surface area contributed by atoms with Gasteiger partial charge in [-0.05, 0) is 6.92 Å². The van der Waals surface area contributed by atoms with E-state index in [1.807, 2.05) is 0 Å². The lowest BCUT2D eigenvalue weighted by atomic mass is 9.99. The normalized spacial score (nSPS) is 37.4. The molecule has 17 heavy (non-hydrogen) atoms. The summed E-state index contributed by atoms with van der Waals surface area (Å²) in [7, 11) is 0. The Morgan fingerprint density at radius 1 is 1.06 bits per heavy atom. The molecule has 7 heteroatoms. The zero-order chi connectivity index (χ0) is 13.2. The molecule has 0 saturated carbocycles. The van der Waals surface area contributed by atoms with Crippen molar-refractivity contribution < 1.29 is 34.0 Å². The lowest BCUT2D eigenvalue weighted by molar-refractivity contribution is -0.285. The smallest absolute Gasteiger partial charge is 0.303 e. The summed E-state index contributed by atoms with van der Waals surface area (Å²) in [6, 6.07) is 0. The summed E-state index contributed by atoms with van der Waals surface area (Å²) in [6.45, 7) is 3.81. The molecule has 7 nitrogen and oxygen atoms in total. The highest BCUT2D eigenvalue weighted by molar-refractivity contribution is 5.67. The quantitative estimate of drug-likeness (QED) is 0.601. The van der Waals surface area contributed by atoms with E-state index in [1.165, 1.54) is 6.92 Å². The second kappa shape index (κ2) is 5.44. The van der Waals surface area contributed by atoms with Crippen molar-refractivity contribution in [3.05, 3.63) is 0 Å². The van der Waals surface area contributed by atoms with E-state index in [2.05, 4.69) is 0 Å². The molecule has 0 radical (unpaired) electrons. The van der Waals surface area contributed by atoms with Gasteiger partial charge in [-0.15, -0.1) is 0 Å². The Bertz CT molecular complexity index is 303. The third kappa shape index (κ3) is 3.39. The minimum absolute atomic E-state index is 0.646. The van der Waals surface area contributed by atoms with Crippen LogP contribution in [0.3, 0.4) is 0 Å². The largest absolute Gasteiger partial charge is 0.455 e. The summed E-state index contributed by atoms with van der Waals surface area (Å²) in [6.07, 6.45) is -5.73. The molecule has 0 unspecified atom stereocenters. The molecule has 0 aromatic carbocycles. The van der Waals surface area contributed by atoms with Crippen LogP contribution < -0.4 is 0 Å². The van der Waals surface area contributed by atoms with Gasteiger partial charge in [0, 0.05) is 13.8 Å². The number of hydrogen-bond donors (Lipinski definition) is 2. The Morgan fingerprint density at radius 3 is 2.00 bits per heavy atom. The first kappa shape index (κ1) is 13.9. The molecule has 1 fully saturated rings. The number of rotatable bonds is 2. The molecule has 0 aromatic heterocycles. The molecule has 1 heterocycles. The van der Waals surface area contributed by atoms with Crippen molar-refractivity contribution >= 4 is 11.9 Å². The maximum atomic E-state index is 10.9. The first-order valence-electron chi connectivity index (χ1n) is 5.19. The molecule has 0 spiro atoms. The number of carbonyl (C=O) groups excluding carboxylic acids is 2. The lowest BCUT2D eigenvalue weighted by Crippen LogP contribution is -2.59. The van der Waals surface area contributed by atoms with Gasteiger partial charge >= 0.3 is 11.9 Å². The molecule has 2 N–H and O–H groups in total. The third-order valence-electron chi connectivity index (χ3n) is 2.38. The van der Waals surface area contributed by atoms with Crippen molar-refractivity contribution in [2.24, 2.45) is 0 Å². The summed E-state index contributed by atoms with van der Waals surface area (Å²) < 4.78 is 14.6. The molecule has 98 valence electrons. The molecule has 0 bridgehead atoms. The molecule has 5 atom stereocenters. The van der Waals surface area contributed by atoms with Crippen molar-refractivity contribution in [2.45, 2.75) is 51.5 Å². The standard InChI is InChI=1S/C10H16O7/c1-4-7(13)8(16-5(2)11)9(10(14)15-4)17-6(3)12/h4,7-10,13-14H,1-3H3/t4-,7-,8+,9+,10-/m0/s1. The second-order valence-corrected chi connectivity index (χ2v) is 3.87. The predicted molar refractivity (Wildman–Crippen MR) is 53.7 cm³/mol. The van der Waals surface area contributed by atoms with Crippen molar-refractivity contribution in [3.8, 4) is 0 Å². The fourth-order valence-corrected chi connectivity index (χ4v) is 1.65. The second-order valence-electron chi connectivity index (χ2n) is 3.87. The fraction of sp³-hybridized carbons (Fsp3) is 0.800. The van der Waals surface area contributed by atoms with E-state index in [0.717, 1.165) is 13.8 Å². The number of ether oxygens (including phenoxy) is 3. The van der Waals surface area contributed by atoms with Gasteiger partial charge in [0.05, 0.1) is 6.10 Å². The summed E-state index contributed by atoms with van der Waals surface area (Å²) in [5.41, 5.74) is 0. The van der Waals surface area contributed by atoms with Crippen LogP contribution in [-0.2, 0) is 23.8 Å². The third-order valence-corrected chi connectivity index (χ3v) is 2.38. The molecular formula is C10H16O7. The van der Waals surface area contributed by atoms with Crippen LogP contribution in [0.1, 0.15) is 20.8 Å². The first-order chi connectivity index (χ1) is 7.82. The maximum absolute atomic E-state index is 10.9. The SMILES string of the molecule is CC(=O)O[C@@H]1[C@@H](O)[C@H](C)O[C@H](O)[C@@H]1OC(C)=O. The number of hydrogen-bond acceptors (Lipinski definition) is 7. The minimum Gasteiger partial charge on any atom is -0.455 e. The average molecular weight is 248 g/mol. The molecule has 0 aliphatic carbocycles. The van der Waals surface area contributed by atoms with Crippen LogP contribution in [0.25, 0.3) is 0 Å². The van der Waals surface area contributed by atoms with E-state index >= 15 is 0 Å². The van der Waals surface area contributed by atoms with Gasteiger partial charge in [0.15, 0.2) is 18.5 Å². The van der Waals surface area contributed by atoms with Crippen LogP contribution in [0.5, 0.6) is 0 Å². The predicted octanol–water partition coefficient (Wildman–Crippen LogP) is -1.05. The van der Waals surface area contributed by atoms with Crippen molar-refractivity contribution in [2.75, 3.05) is 0 Å². The summed E-state index contributed by atoms with van der Waals surface area (Å²) in [4.78, 5) is 21.8. The van der Waals surface area contributed by atoms with E-state index in [4.69, 9.17) is 14.2 Å². The highest BCUT2D eigenvalue weighted by atomic mass is 16.7. The highest BCUT2D eigenvalue weighted by Gasteiger charge is 2.47. The summed E-state index contributed by atoms with van der Waals surface area (Å²) >= 11 is 0. The summed E-state index contributed by atoms with van der Waals surface area (Å²) in [5, 5.41) is 19.4. The zero-order valence-electron chi connectivity index (χ0n) is 9.82. The van der Waals surface area contributed by atoms with E-state index < -0.39 is 42.6 Å². The van der Waals surface area contributed by atoms with Gasteiger partial charge in [0.2, 0.25) is 0 Å². The average Bonchev–Trinajstić information content (AvgIpc) is 2.19. The van der Waals surface area contributed by atoms with Gasteiger partial charge < -0.3 is 24.4 Å². The van der Waals surface area contributed by atoms with Crippen LogP contribution in [0.15, 0.2) is 0 Å². The lowest BCUT2D eigenvalue weighted by Gasteiger charge is -2.40. The molecule has 1 aliphatic heterocycles. The fourth-order valence-electron chi connectivity index (χ4n) is 1.65.